The minimum absolute atomic E-state index is 0.0128. The van der Waals surface area contributed by atoms with Gasteiger partial charge in [0.2, 0.25) is 5.91 Å². The van der Waals surface area contributed by atoms with E-state index in [0.29, 0.717) is 27.8 Å². The van der Waals surface area contributed by atoms with Crippen molar-refractivity contribution in [3.05, 3.63) is 51.6 Å². The van der Waals surface area contributed by atoms with Crippen LogP contribution in [-0.4, -0.2) is 21.2 Å². The first-order valence-corrected chi connectivity index (χ1v) is 12.3. The van der Waals surface area contributed by atoms with Crippen molar-refractivity contribution in [3.8, 4) is 0 Å². The fourth-order valence-electron chi connectivity index (χ4n) is 3.08. The van der Waals surface area contributed by atoms with Gasteiger partial charge in [0.15, 0.2) is 5.16 Å². The van der Waals surface area contributed by atoms with E-state index >= 15 is 0 Å². The minimum Gasteiger partial charge on any atom is -0.325 e. The largest absolute Gasteiger partial charge is 0.325 e. The summed E-state index contributed by atoms with van der Waals surface area (Å²) in [5, 5.41) is 5.43. The molecule has 30 heavy (non-hydrogen) atoms. The molecule has 3 aromatic rings. The van der Waals surface area contributed by atoms with Crippen molar-refractivity contribution in [1.29, 1.82) is 0 Å². The van der Waals surface area contributed by atoms with E-state index in [0.717, 1.165) is 18.5 Å². The first-order valence-electron chi connectivity index (χ1n) is 10.5. The summed E-state index contributed by atoms with van der Waals surface area (Å²) in [5.74, 6) is 0.593. The summed E-state index contributed by atoms with van der Waals surface area (Å²) in [4.78, 5) is 30.0. The number of amides is 1. The number of aryl methyl sites for hydroxylation is 1. The molecule has 0 radical (unpaired) electrons. The fourth-order valence-corrected chi connectivity index (χ4v) is 4.68. The van der Waals surface area contributed by atoms with Crippen molar-refractivity contribution >= 4 is 44.9 Å². The monoisotopic (exact) mass is 443 g/mol. The Labute approximate surface area is 185 Å². The molecule has 0 saturated heterocycles. The van der Waals surface area contributed by atoms with Crippen molar-refractivity contribution in [2.24, 2.45) is 5.92 Å². The van der Waals surface area contributed by atoms with E-state index in [1.165, 1.54) is 41.5 Å². The number of hydrogen-bond acceptors (Lipinski definition) is 5. The standard InChI is InChI=1S/C23H29N3O2S2/c1-4-5-6-17-7-9-18(10-8-17)24-20(27)15-30-23-25-19-12-14-29-21(19)22(28)26(23)13-11-16(2)3/h7-10,12,14,16H,4-6,11,13,15H2,1-3H3,(H,24,27). The van der Waals surface area contributed by atoms with E-state index in [1.807, 2.05) is 23.6 Å². The summed E-state index contributed by atoms with van der Waals surface area (Å²) in [6.07, 6.45) is 4.29. The molecule has 2 heterocycles. The Hall–Kier alpha value is -2.12. The van der Waals surface area contributed by atoms with E-state index in [-0.39, 0.29) is 17.2 Å². The van der Waals surface area contributed by atoms with Gasteiger partial charge < -0.3 is 5.32 Å². The topological polar surface area (TPSA) is 64.0 Å². The SMILES string of the molecule is CCCCc1ccc(NC(=O)CSc2nc3ccsc3c(=O)n2CCC(C)C)cc1. The third-order valence-electron chi connectivity index (χ3n) is 4.85. The molecule has 0 saturated carbocycles. The molecule has 0 aliphatic rings. The van der Waals surface area contributed by atoms with Gasteiger partial charge in [-0.2, -0.15) is 0 Å². The third kappa shape index (κ3) is 5.95. The third-order valence-corrected chi connectivity index (χ3v) is 6.72. The Kier molecular flexibility index (Phi) is 8.10. The van der Waals surface area contributed by atoms with Gasteiger partial charge in [0.25, 0.3) is 5.56 Å². The number of rotatable bonds is 10. The van der Waals surface area contributed by atoms with Gasteiger partial charge >= 0.3 is 0 Å². The molecule has 5 nitrogen and oxygen atoms in total. The lowest BCUT2D eigenvalue weighted by Crippen LogP contribution is -2.24. The summed E-state index contributed by atoms with van der Waals surface area (Å²) in [5.41, 5.74) is 2.77. The van der Waals surface area contributed by atoms with Crippen LogP contribution in [0.25, 0.3) is 10.2 Å². The molecule has 1 N–H and O–H groups in total. The number of nitrogens with one attached hydrogen (secondary N) is 1. The number of aromatic nitrogens is 2. The van der Waals surface area contributed by atoms with Gasteiger partial charge in [-0.15, -0.1) is 11.3 Å². The highest BCUT2D eigenvalue weighted by molar-refractivity contribution is 7.99. The van der Waals surface area contributed by atoms with E-state index in [9.17, 15) is 9.59 Å². The van der Waals surface area contributed by atoms with E-state index in [1.54, 1.807) is 4.57 Å². The summed E-state index contributed by atoms with van der Waals surface area (Å²) >= 11 is 2.74. The molecule has 160 valence electrons. The van der Waals surface area contributed by atoms with E-state index in [4.69, 9.17) is 0 Å². The average molecular weight is 444 g/mol. The van der Waals surface area contributed by atoms with Gasteiger partial charge in [0.05, 0.1) is 11.3 Å². The van der Waals surface area contributed by atoms with Crippen LogP contribution in [0, 0.1) is 5.92 Å². The maximum absolute atomic E-state index is 12.9. The van der Waals surface area contributed by atoms with E-state index < -0.39 is 0 Å². The second kappa shape index (κ2) is 10.8. The zero-order chi connectivity index (χ0) is 21.5. The normalized spacial score (nSPS) is 11.3. The number of unbranched alkanes of at least 4 members (excludes halogenated alkanes) is 1. The van der Waals surface area contributed by atoms with Crippen molar-refractivity contribution in [2.75, 3.05) is 11.1 Å². The zero-order valence-electron chi connectivity index (χ0n) is 17.8. The summed E-state index contributed by atoms with van der Waals surface area (Å²) in [6, 6.07) is 9.88. The molecule has 3 rings (SSSR count). The van der Waals surface area contributed by atoms with Crippen molar-refractivity contribution in [3.63, 3.8) is 0 Å². The van der Waals surface area contributed by atoms with Crippen LogP contribution in [0.3, 0.4) is 0 Å². The molecule has 0 aliphatic carbocycles. The van der Waals surface area contributed by atoms with Gasteiger partial charge in [0.1, 0.15) is 4.70 Å². The fraction of sp³-hybridized carbons (Fsp3) is 0.435. The van der Waals surface area contributed by atoms with Gasteiger partial charge in [-0.1, -0.05) is 51.1 Å². The van der Waals surface area contributed by atoms with Crippen LogP contribution in [-0.2, 0) is 17.8 Å². The summed E-state index contributed by atoms with van der Waals surface area (Å²) in [6.45, 7) is 7.06. The molecule has 0 spiro atoms. The Morgan fingerprint density at radius 1 is 1.23 bits per heavy atom. The molecule has 0 bridgehead atoms. The number of carbonyl (C=O) groups excluding carboxylic acids is 1. The molecule has 0 atom stereocenters. The maximum atomic E-state index is 12.9. The molecule has 1 amide bonds. The zero-order valence-corrected chi connectivity index (χ0v) is 19.4. The first-order chi connectivity index (χ1) is 14.5. The molecule has 0 unspecified atom stereocenters. The van der Waals surface area contributed by atoms with Crippen LogP contribution in [0.1, 0.15) is 45.6 Å². The minimum atomic E-state index is -0.101. The summed E-state index contributed by atoms with van der Waals surface area (Å²) < 4.78 is 2.40. The van der Waals surface area contributed by atoms with E-state index in [2.05, 4.69) is 43.2 Å². The smallest absolute Gasteiger partial charge is 0.272 e. The number of benzene rings is 1. The number of anilines is 1. The average Bonchev–Trinajstić information content (AvgIpc) is 3.20. The van der Waals surface area contributed by atoms with Crippen LogP contribution in [0.4, 0.5) is 5.69 Å². The van der Waals surface area contributed by atoms with Crippen molar-refractivity contribution in [2.45, 2.75) is 58.2 Å². The molecule has 2 aromatic heterocycles. The predicted molar refractivity (Wildman–Crippen MR) is 128 cm³/mol. The Morgan fingerprint density at radius 3 is 2.70 bits per heavy atom. The first kappa shape index (κ1) is 22.6. The van der Waals surface area contributed by atoms with Crippen molar-refractivity contribution in [1.82, 2.24) is 9.55 Å². The van der Waals surface area contributed by atoms with Gasteiger partial charge in [-0.05, 0) is 54.3 Å². The molecular formula is C23H29N3O2S2. The van der Waals surface area contributed by atoms with Gasteiger partial charge in [-0.25, -0.2) is 4.98 Å². The molecule has 1 aromatic carbocycles. The number of thiophene rings is 1. The quantitative estimate of drug-likeness (QED) is 0.328. The Morgan fingerprint density at radius 2 is 2.00 bits per heavy atom. The maximum Gasteiger partial charge on any atom is 0.272 e. The van der Waals surface area contributed by atoms with Crippen LogP contribution in [0.2, 0.25) is 0 Å². The highest BCUT2D eigenvalue weighted by Gasteiger charge is 2.14. The van der Waals surface area contributed by atoms with Gasteiger partial charge in [-0.3, -0.25) is 14.2 Å². The number of carbonyl (C=O) groups is 1. The predicted octanol–water partition coefficient (Wildman–Crippen LogP) is 5.58. The number of thioether (sulfide) groups is 1. The van der Waals surface area contributed by atoms with Crippen LogP contribution < -0.4 is 10.9 Å². The number of fused-ring (bicyclic) bond motifs is 1. The highest BCUT2D eigenvalue weighted by Crippen LogP contribution is 2.22. The second-order valence-corrected chi connectivity index (χ2v) is 9.66. The Balaban J connectivity index is 1.67. The second-order valence-electron chi connectivity index (χ2n) is 7.81. The Bertz CT molecular complexity index is 1040. The highest BCUT2D eigenvalue weighted by atomic mass is 32.2. The van der Waals surface area contributed by atoms with Crippen LogP contribution >= 0.6 is 23.1 Å². The molecule has 0 aliphatic heterocycles. The van der Waals surface area contributed by atoms with Crippen LogP contribution in [0.15, 0.2) is 45.7 Å². The number of hydrogen-bond donors (Lipinski definition) is 1. The lowest BCUT2D eigenvalue weighted by Gasteiger charge is -2.13. The molecule has 7 heteroatoms. The van der Waals surface area contributed by atoms with Crippen molar-refractivity contribution < 1.29 is 4.79 Å². The number of nitrogens with zero attached hydrogens (tertiary/aromatic N) is 2. The molecular weight excluding hydrogens is 414 g/mol. The van der Waals surface area contributed by atoms with Crippen LogP contribution in [0.5, 0.6) is 0 Å². The summed E-state index contributed by atoms with van der Waals surface area (Å²) in [7, 11) is 0. The lowest BCUT2D eigenvalue weighted by molar-refractivity contribution is -0.113. The molecule has 0 fully saturated rings. The lowest BCUT2D eigenvalue weighted by atomic mass is 10.1. The van der Waals surface area contributed by atoms with Gasteiger partial charge in [0, 0.05) is 12.2 Å².